The highest BCUT2D eigenvalue weighted by Crippen LogP contribution is 2.18. The van der Waals surface area contributed by atoms with Crippen LogP contribution in [0, 0.1) is 5.92 Å². The van der Waals surface area contributed by atoms with Gasteiger partial charge in [-0.15, -0.1) is 0 Å². The molecule has 0 radical (unpaired) electrons. The number of furan rings is 1. The van der Waals surface area contributed by atoms with Crippen LogP contribution in [0.3, 0.4) is 0 Å². The maximum absolute atomic E-state index is 13.3. The molecule has 32 heavy (non-hydrogen) atoms. The first kappa shape index (κ1) is 23.8. The maximum atomic E-state index is 13.3. The molecule has 170 valence electrons. The van der Waals surface area contributed by atoms with Crippen LogP contribution in [0.5, 0.6) is 0 Å². The van der Waals surface area contributed by atoms with Crippen LogP contribution in [0.4, 0.5) is 0 Å². The second kappa shape index (κ2) is 11.1. The van der Waals surface area contributed by atoms with E-state index in [1.54, 1.807) is 47.6 Å². The molecule has 0 atom stereocenters. The Kier molecular flexibility index (Phi) is 8.25. The molecule has 6 nitrogen and oxygen atoms in total. The Bertz CT molecular complexity index is 1070. The topological polar surface area (TPSA) is 70.8 Å². The minimum Gasteiger partial charge on any atom is -0.467 e. The summed E-state index contributed by atoms with van der Waals surface area (Å²) in [6.45, 7) is 4.67. The molecule has 0 N–H and O–H groups in total. The van der Waals surface area contributed by atoms with Gasteiger partial charge in [0.1, 0.15) is 5.76 Å². The Morgan fingerprint density at radius 3 is 2.19 bits per heavy atom. The smallest absolute Gasteiger partial charge is 0.243 e. The normalized spacial score (nSPS) is 11.8. The van der Waals surface area contributed by atoms with Crippen LogP contribution in [0.15, 0.2) is 88.4 Å². The van der Waals surface area contributed by atoms with Crippen LogP contribution < -0.4 is 0 Å². The van der Waals surface area contributed by atoms with Crippen molar-refractivity contribution in [1.82, 2.24) is 9.21 Å². The minimum atomic E-state index is -3.79. The monoisotopic (exact) mass is 454 g/mol. The summed E-state index contributed by atoms with van der Waals surface area (Å²) < 4.78 is 33.2. The molecule has 0 unspecified atom stereocenters. The van der Waals surface area contributed by atoms with E-state index in [1.165, 1.54) is 4.31 Å². The number of carbonyl (C=O) groups is 1. The van der Waals surface area contributed by atoms with E-state index >= 15 is 0 Å². The number of hydrogen-bond donors (Lipinski definition) is 0. The lowest BCUT2D eigenvalue weighted by Crippen LogP contribution is -2.44. The third-order valence-corrected chi connectivity index (χ3v) is 6.88. The first-order valence-corrected chi connectivity index (χ1v) is 12.2. The fourth-order valence-electron chi connectivity index (χ4n) is 3.44. The van der Waals surface area contributed by atoms with Gasteiger partial charge in [-0.3, -0.25) is 4.79 Å². The molecule has 3 aromatic rings. The molecule has 3 rings (SSSR count). The van der Waals surface area contributed by atoms with E-state index in [2.05, 4.69) is 0 Å². The highest BCUT2D eigenvalue weighted by molar-refractivity contribution is 7.89. The van der Waals surface area contributed by atoms with Crippen molar-refractivity contribution in [3.05, 3.63) is 90.4 Å². The van der Waals surface area contributed by atoms with Crippen LogP contribution in [0.2, 0.25) is 0 Å². The zero-order valence-corrected chi connectivity index (χ0v) is 19.4. The molecule has 0 bridgehead atoms. The molecule has 0 saturated carbocycles. The molecule has 0 aliphatic heterocycles. The van der Waals surface area contributed by atoms with E-state index in [1.807, 2.05) is 50.2 Å². The lowest BCUT2D eigenvalue weighted by molar-refractivity contribution is -0.132. The van der Waals surface area contributed by atoms with E-state index in [0.29, 0.717) is 25.3 Å². The Morgan fingerprint density at radius 1 is 0.938 bits per heavy atom. The number of rotatable bonds is 11. The van der Waals surface area contributed by atoms with E-state index in [9.17, 15) is 13.2 Å². The summed E-state index contributed by atoms with van der Waals surface area (Å²) in [5.74, 6) is 0.481. The zero-order valence-electron chi connectivity index (χ0n) is 18.6. The summed E-state index contributed by atoms with van der Waals surface area (Å²) in [4.78, 5) is 15.2. The first-order chi connectivity index (χ1) is 15.4. The van der Waals surface area contributed by atoms with Gasteiger partial charge in [0.05, 0.1) is 24.2 Å². The lowest BCUT2D eigenvalue weighted by Gasteiger charge is -2.28. The largest absolute Gasteiger partial charge is 0.467 e. The SMILES string of the molecule is CC(C)CN(CC(=O)N(CCc1ccccc1)Cc1ccco1)S(=O)(=O)c1ccccc1. The number of hydrogen-bond acceptors (Lipinski definition) is 4. The van der Waals surface area contributed by atoms with Gasteiger partial charge in [-0.1, -0.05) is 62.4 Å². The van der Waals surface area contributed by atoms with E-state index in [0.717, 1.165) is 5.56 Å². The van der Waals surface area contributed by atoms with E-state index < -0.39 is 10.0 Å². The summed E-state index contributed by atoms with van der Waals surface area (Å²) in [6, 6.07) is 21.8. The molecule has 7 heteroatoms. The second-order valence-electron chi connectivity index (χ2n) is 8.13. The van der Waals surface area contributed by atoms with Crippen molar-refractivity contribution >= 4 is 15.9 Å². The Hall–Kier alpha value is -2.90. The van der Waals surface area contributed by atoms with Gasteiger partial charge in [-0.05, 0) is 42.2 Å². The number of benzene rings is 2. The number of amides is 1. The Morgan fingerprint density at radius 2 is 1.59 bits per heavy atom. The van der Waals surface area contributed by atoms with E-state index in [-0.39, 0.29) is 29.8 Å². The van der Waals surface area contributed by atoms with Crippen LogP contribution in [-0.2, 0) is 27.8 Å². The average Bonchev–Trinajstić information content (AvgIpc) is 3.30. The van der Waals surface area contributed by atoms with Crippen LogP contribution in [-0.4, -0.2) is 43.2 Å². The predicted octanol–water partition coefficient (Wildman–Crippen LogP) is 4.20. The van der Waals surface area contributed by atoms with Crippen molar-refractivity contribution in [2.24, 2.45) is 5.92 Å². The molecular weight excluding hydrogens is 424 g/mol. The first-order valence-electron chi connectivity index (χ1n) is 10.8. The lowest BCUT2D eigenvalue weighted by atomic mass is 10.1. The molecule has 0 saturated heterocycles. The molecular formula is C25H30N2O4S. The fraction of sp³-hybridized carbons (Fsp3) is 0.320. The van der Waals surface area contributed by atoms with Crippen LogP contribution >= 0.6 is 0 Å². The van der Waals surface area contributed by atoms with E-state index in [4.69, 9.17) is 4.42 Å². The fourth-order valence-corrected chi connectivity index (χ4v) is 5.01. The van der Waals surface area contributed by atoms with Crippen LogP contribution in [0.1, 0.15) is 25.2 Å². The molecule has 1 aromatic heterocycles. The van der Waals surface area contributed by atoms with Gasteiger partial charge in [-0.2, -0.15) is 4.31 Å². The minimum absolute atomic E-state index is 0.0733. The quantitative estimate of drug-likeness (QED) is 0.435. The van der Waals surface area contributed by atoms with Gasteiger partial charge < -0.3 is 9.32 Å². The standard InChI is InChI=1S/C25H30N2O4S/c1-21(2)18-27(32(29,30)24-13-7-4-8-14-24)20-25(28)26(19-23-12-9-17-31-23)16-15-22-10-5-3-6-11-22/h3-14,17,21H,15-16,18-20H2,1-2H3. The van der Waals surface area contributed by atoms with Crippen molar-refractivity contribution in [1.29, 1.82) is 0 Å². The van der Waals surface area contributed by atoms with Crippen molar-refractivity contribution < 1.29 is 17.6 Å². The number of nitrogens with zero attached hydrogens (tertiary/aromatic N) is 2. The van der Waals surface area contributed by atoms with Crippen molar-refractivity contribution in [2.45, 2.75) is 31.7 Å². The highest BCUT2D eigenvalue weighted by atomic mass is 32.2. The van der Waals surface area contributed by atoms with Gasteiger partial charge in [0, 0.05) is 13.1 Å². The molecule has 1 heterocycles. The molecule has 2 aromatic carbocycles. The van der Waals surface area contributed by atoms with Gasteiger partial charge in [0.15, 0.2) is 0 Å². The molecule has 0 aliphatic rings. The molecule has 1 amide bonds. The second-order valence-corrected chi connectivity index (χ2v) is 10.1. The van der Waals surface area contributed by atoms with Crippen molar-refractivity contribution in [3.8, 4) is 0 Å². The summed E-state index contributed by atoms with van der Waals surface area (Å²) in [5, 5.41) is 0. The third-order valence-electron chi connectivity index (χ3n) is 5.05. The van der Waals surface area contributed by atoms with Gasteiger partial charge >= 0.3 is 0 Å². The zero-order chi connectivity index (χ0) is 23.0. The summed E-state index contributed by atoms with van der Waals surface area (Å²) in [6.07, 6.45) is 2.24. The molecule has 0 fully saturated rings. The average molecular weight is 455 g/mol. The van der Waals surface area contributed by atoms with Gasteiger partial charge in [-0.25, -0.2) is 8.42 Å². The highest BCUT2D eigenvalue weighted by Gasteiger charge is 2.29. The Labute approximate surface area is 190 Å². The molecule has 0 spiro atoms. The predicted molar refractivity (Wildman–Crippen MR) is 124 cm³/mol. The summed E-state index contributed by atoms with van der Waals surface area (Å²) >= 11 is 0. The van der Waals surface area contributed by atoms with Gasteiger partial charge in [0.2, 0.25) is 15.9 Å². The maximum Gasteiger partial charge on any atom is 0.243 e. The van der Waals surface area contributed by atoms with Crippen molar-refractivity contribution in [2.75, 3.05) is 19.6 Å². The molecule has 0 aliphatic carbocycles. The van der Waals surface area contributed by atoms with Gasteiger partial charge in [0.25, 0.3) is 0 Å². The Balaban J connectivity index is 1.80. The summed E-state index contributed by atoms with van der Waals surface area (Å²) in [5.41, 5.74) is 1.11. The summed E-state index contributed by atoms with van der Waals surface area (Å²) in [7, 11) is -3.79. The van der Waals surface area contributed by atoms with Crippen LogP contribution in [0.25, 0.3) is 0 Å². The van der Waals surface area contributed by atoms with Crippen molar-refractivity contribution in [3.63, 3.8) is 0 Å². The number of sulfonamides is 1. The number of carbonyl (C=O) groups excluding carboxylic acids is 1. The third kappa shape index (κ3) is 6.55.